The Morgan fingerprint density at radius 3 is 2.52 bits per heavy atom. The smallest absolute Gasteiger partial charge is 0.371 e. The molecule has 0 spiro atoms. The second-order valence-electron chi connectivity index (χ2n) is 4.98. The summed E-state index contributed by atoms with van der Waals surface area (Å²) in [4.78, 5) is 22.7. The number of fused-ring (bicyclic) bond motifs is 1. The summed E-state index contributed by atoms with van der Waals surface area (Å²) in [5, 5.41) is 11.4. The van der Waals surface area contributed by atoms with Crippen molar-refractivity contribution in [2.75, 3.05) is 13.2 Å². The summed E-state index contributed by atoms with van der Waals surface area (Å²) in [6, 6.07) is 8.01. The van der Waals surface area contributed by atoms with E-state index in [1.54, 1.807) is 6.07 Å². The van der Waals surface area contributed by atoms with E-state index in [9.17, 15) is 9.59 Å². The van der Waals surface area contributed by atoms with E-state index in [-0.39, 0.29) is 18.1 Å². The van der Waals surface area contributed by atoms with Crippen LogP contribution in [0.3, 0.4) is 0 Å². The topological polar surface area (TPSA) is 98.0 Å². The summed E-state index contributed by atoms with van der Waals surface area (Å²) in [5.74, 6) is -0.672. The minimum Gasteiger partial charge on any atom is -0.490 e. The third-order valence-corrected chi connectivity index (χ3v) is 3.31. The zero-order chi connectivity index (χ0) is 16.2. The molecule has 0 unspecified atom stereocenters. The molecule has 2 N–H and O–H groups in total. The molecule has 1 aromatic carbocycles. The van der Waals surface area contributed by atoms with Crippen LogP contribution in [-0.2, 0) is 6.54 Å². The molecule has 23 heavy (non-hydrogen) atoms. The third kappa shape index (κ3) is 3.45. The Kier molecular flexibility index (Phi) is 4.18. The molecule has 0 aliphatic carbocycles. The summed E-state index contributed by atoms with van der Waals surface area (Å²) >= 11 is 0. The largest absolute Gasteiger partial charge is 0.490 e. The maximum absolute atomic E-state index is 11.9. The van der Waals surface area contributed by atoms with Crippen LogP contribution >= 0.6 is 0 Å². The van der Waals surface area contributed by atoms with Crippen molar-refractivity contribution in [3.8, 4) is 11.5 Å². The molecule has 1 aliphatic rings. The van der Waals surface area contributed by atoms with Crippen molar-refractivity contribution in [1.29, 1.82) is 0 Å². The summed E-state index contributed by atoms with van der Waals surface area (Å²) in [6.07, 6.45) is 0.825. The van der Waals surface area contributed by atoms with Crippen molar-refractivity contribution in [1.82, 2.24) is 5.32 Å². The molecule has 120 valence electrons. The minimum absolute atomic E-state index is 0.0447. The number of rotatable bonds is 4. The number of benzene rings is 1. The molecule has 7 heteroatoms. The standard InChI is InChI=1S/C16H15NO6/c18-15(12-4-5-13(23-12)16(19)20)17-9-10-2-3-11-14(8-10)22-7-1-6-21-11/h2-5,8H,1,6-7,9H2,(H,17,18)(H,19,20). The van der Waals surface area contributed by atoms with Gasteiger partial charge in [-0.25, -0.2) is 4.79 Å². The van der Waals surface area contributed by atoms with Gasteiger partial charge >= 0.3 is 5.97 Å². The lowest BCUT2D eigenvalue weighted by atomic mass is 10.2. The number of nitrogens with one attached hydrogen (secondary N) is 1. The number of carbonyl (C=O) groups is 2. The van der Waals surface area contributed by atoms with Crippen LogP contribution in [0.1, 0.15) is 33.1 Å². The first-order valence-corrected chi connectivity index (χ1v) is 7.13. The van der Waals surface area contributed by atoms with Crippen LogP contribution in [0, 0.1) is 0 Å². The van der Waals surface area contributed by atoms with Gasteiger partial charge in [-0.1, -0.05) is 6.07 Å². The molecule has 0 fully saturated rings. The van der Waals surface area contributed by atoms with E-state index >= 15 is 0 Å². The van der Waals surface area contributed by atoms with Crippen LogP contribution in [0.4, 0.5) is 0 Å². The van der Waals surface area contributed by atoms with Gasteiger partial charge in [0.15, 0.2) is 17.3 Å². The van der Waals surface area contributed by atoms with Crippen molar-refractivity contribution in [2.24, 2.45) is 0 Å². The maximum Gasteiger partial charge on any atom is 0.371 e. The van der Waals surface area contributed by atoms with Gasteiger partial charge in [0.1, 0.15) is 0 Å². The van der Waals surface area contributed by atoms with Gasteiger partial charge in [-0.2, -0.15) is 0 Å². The monoisotopic (exact) mass is 317 g/mol. The Labute approximate surface area is 131 Å². The van der Waals surface area contributed by atoms with Crippen LogP contribution in [0.2, 0.25) is 0 Å². The van der Waals surface area contributed by atoms with E-state index in [4.69, 9.17) is 19.0 Å². The van der Waals surface area contributed by atoms with Gasteiger partial charge < -0.3 is 24.3 Å². The van der Waals surface area contributed by atoms with Gasteiger partial charge in [0.2, 0.25) is 5.76 Å². The number of hydrogen-bond donors (Lipinski definition) is 2. The molecule has 0 saturated heterocycles. The highest BCUT2D eigenvalue weighted by Crippen LogP contribution is 2.30. The Bertz CT molecular complexity index is 736. The van der Waals surface area contributed by atoms with Crippen LogP contribution < -0.4 is 14.8 Å². The van der Waals surface area contributed by atoms with Crippen molar-refractivity contribution in [3.05, 3.63) is 47.4 Å². The number of ether oxygens (including phenoxy) is 2. The molecule has 0 radical (unpaired) electrons. The summed E-state index contributed by atoms with van der Waals surface area (Å²) in [6.45, 7) is 1.47. The van der Waals surface area contributed by atoms with Crippen LogP contribution in [0.25, 0.3) is 0 Å². The number of carbonyl (C=O) groups excluding carboxylic acids is 1. The molecular weight excluding hydrogens is 302 g/mol. The van der Waals surface area contributed by atoms with Crippen molar-refractivity contribution < 1.29 is 28.6 Å². The first-order valence-electron chi connectivity index (χ1n) is 7.13. The van der Waals surface area contributed by atoms with Gasteiger partial charge in [0.25, 0.3) is 5.91 Å². The van der Waals surface area contributed by atoms with Gasteiger partial charge in [0, 0.05) is 13.0 Å². The molecule has 1 aliphatic heterocycles. The second kappa shape index (κ2) is 6.43. The highest BCUT2D eigenvalue weighted by atomic mass is 16.5. The molecule has 3 rings (SSSR count). The first-order chi connectivity index (χ1) is 11.1. The molecule has 7 nitrogen and oxygen atoms in total. The van der Waals surface area contributed by atoms with E-state index in [2.05, 4.69) is 5.32 Å². The van der Waals surface area contributed by atoms with Crippen LogP contribution in [0.5, 0.6) is 11.5 Å². The van der Waals surface area contributed by atoms with Gasteiger partial charge in [-0.15, -0.1) is 0 Å². The maximum atomic E-state index is 11.9. The van der Waals surface area contributed by atoms with Gasteiger partial charge in [-0.3, -0.25) is 4.79 Å². The molecule has 0 bridgehead atoms. The Hall–Kier alpha value is -2.96. The fourth-order valence-corrected chi connectivity index (χ4v) is 2.16. The van der Waals surface area contributed by atoms with Crippen molar-refractivity contribution in [2.45, 2.75) is 13.0 Å². The number of hydrogen-bond acceptors (Lipinski definition) is 5. The SMILES string of the molecule is O=C(O)c1ccc(C(=O)NCc2ccc3c(c2)OCCCO3)o1. The predicted octanol–water partition coefficient (Wildman–Crippen LogP) is 2.07. The molecule has 2 heterocycles. The van der Waals surface area contributed by atoms with Crippen LogP contribution in [-0.4, -0.2) is 30.2 Å². The summed E-state index contributed by atoms with van der Waals surface area (Å²) < 4.78 is 16.1. The van der Waals surface area contributed by atoms with Crippen molar-refractivity contribution in [3.63, 3.8) is 0 Å². The van der Waals surface area contributed by atoms with E-state index in [0.717, 1.165) is 12.0 Å². The molecule has 2 aromatic rings. The van der Waals surface area contributed by atoms with E-state index in [1.165, 1.54) is 12.1 Å². The average molecular weight is 317 g/mol. The average Bonchev–Trinajstić information content (AvgIpc) is 2.93. The number of furan rings is 1. The highest BCUT2D eigenvalue weighted by molar-refractivity contribution is 5.93. The Morgan fingerprint density at radius 2 is 1.78 bits per heavy atom. The Morgan fingerprint density at radius 1 is 1.04 bits per heavy atom. The number of carboxylic acid groups (broad SMARTS) is 1. The molecule has 0 atom stereocenters. The quantitative estimate of drug-likeness (QED) is 0.896. The molecule has 1 aromatic heterocycles. The summed E-state index contributed by atoms with van der Waals surface area (Å²) in [7, 11) is 0. The zero-order valence-corrected chi connectivity index (χ0v) is 12.2. The third-order valence-electron chi connectivity index (χ3n) is 3.31. The predicted molar refractivity (Wildman–Crippen MR) is 78.9 cm³/mol. The lowest BCUT2D eigenvalue weighted by Crippen LogP contribution is -2.22. The highest BCUT2D eigenvalue weighted by Gasteiger charge is 2.15. The number of aromatic carboxylic acids is 1. The second-order valence-corrected chi connectivity index (χ2v) is 4.98. The normalized spacial score (nSPS) is 13.2. The Balaban J connectivity index is 1.64. The van der Waals surface area contributed by atoms with Crippen molar-refractivity contribution >= 4 is 11.9 Å². The molecular formula is C16H15NO6. The number of amides is 1. The van der Waals surface area contributed by atoms with E-state index in [1.807, 2.05) is 12.1 Å². The van der Waals surface area contributed by atoms with Crippen LogP contribution in [0.15, 0.2) is 34.7 Å². The first kappa shape index (κ1) is 15.0. The lowest BCUT2D eigenvalue weighted by molar-refractivity contribution is 0.0659. The molecule has 0 saturated carbocycles. The lowest BCUT2D eigenvalue weighted by Gasteiger charge is -2.09. The van der Waals surface area contributed by atoms with Gasteiger partial charge in [0.05, 0.1) is 13.2 Å². The van der Waals surface area contributed by atoms with E-state index < -0.39 is 11.9 Å². The number of carboxylic acids is 1. The summed E-state index contributed by atoms with van der Waals surface area (Å²) in [5.41, 5.74) is 0.840. The minimum atomic E-state index is -1.22. The fraction of sp³-hybridized carbons (Fsp3) is 0.250. The van der Waals surface area contributed by atoms with E-state index in [0.29, 0.717) is 24.7 Å². The molecule has 1 amide bonds. The zero-order valence-electron chi connectivity index (χ0n) is 12.2. The fourth-order valence-electron chi connectivity index (χ4n) is 2.16. The van der Waals surface area contributed by atoms with Gasteiger partial charge in [-0.05, 0) is 29.8 Å².